The maximum atomic E-state index is 13.3. The molecule has 0 aliphatic heterocycles. The van der Waals surface area contributed by atoms with Gasteiger partial charge in [-0.2, -0.15) is 8.42 Å². The van der Waals surface area contributed by atoms with Gasteiger partial charge < -0.3 is 4.18 Å². The molecule has 18 heavy (non-hydrogen) atoms. The Morgan fingerprint density at radius 1 is 1.00 bits per heavy atom. The van der Waals surface area contributed by atoms with Crippen LogP contribution in [0.3, 0.4) is 0 Å². The summed E-state index contributed by atoms with van der Waals surface area (Å²) in [6, 6.07) is 11.5. The third-order valence-electron chi connectivity index (χ3n) is 2.35. The Morgan fingerprint density at radius 3 is 2.22 bits per heavy atom. The number of benzene rings is 2. The predicted octanol–water partition coefficient (Wildman–Crippen LogP) is 2.90. The molecular weight excluding hydrogens is 254 g/mol. The van der Waals surface area contributed by atoms with Gasteiger partial charge in [0.1, 0.15) is 4.90 Å². The highest BCUT2D eigenvalue weighted by Crippen LogP contribution is 2.21. The second-order valence-corrected chi connectivity index (χ2v) is 5.33. The van der Waals surface area contributed by atoms with Crippen LogP contribution >= 0.6 is 0 Å². The molecule has 0 aliphatic rings. The molecule has 94 valence electrons. The second-order valence-electron chi connectivity index (χ2n) is 3.78. The smallest absolute Gasteiger partial charge is 0.339 e. The van der Waals surface area contributed by atoms with Crippen molar-refractivity contribution in [1.82, 2.24) is 0 Å². The molecule has 0 saturated heterocycles. The van der Waals surface area contributed by atoms with E-state index in [0.717, 1.165) is 11.6 Å². The highest BCUT2D eigenvalue weighted by Gasteiger charge is 2.18. The summed E-state index contributed by atoms with van der Waals surface area (Å²) in [6.07, 6.45) is 0. The van der Waals surface area contributed by atoms with Gasteiger partial charge >= 0.3 is 10.1 Å². The minimum absolute atomic E-state index is 0.00338. The summed E-state index contributed by atoms with van der Waals surface area (Å²) in [4.78, 5) is -0.00338. The number of para-hydroxylation sites is 1. The average molecular weight is 265 g/mol. The minimum Gasteiger partial charge on any atom is -0.376 e. The van der Waals surface area contributed by atoms with Crippen molar-refractivity contribution >= 4 is 10.1 Å². The fourth-order valence-electron chi connectivity index (χ4n) is 1.38. The van der Waals surface area contributed by atoms with Crippen LogP contribution in [0.15, 0.2) is 53.4 Å². The molecule has 0 N–H and O–H groups in total. The standard InChI is InChI=1S/C13H11FO3S/c1-10-6-8-11(9-7-10)18(15,16)17-13-5-3-2-4-12(13)14/h2-9H,1H3/i14-1. The Balaban J connectivity index is 2.33. The molecule has 0 atom stereocenters. The molecule has 0 aromatic heterocycles. The molecule has 0 bridgehead atoms. The van der Waals surface area contributed by atoms with Crippen LogP contribution < -0.4 is 4.18 Å². The van der Waals surface area contributed by atoms with Gasteiger partial charge in [-0.25, -0.2) is 4.39 Å². The quantitative estimate of drug-likeness (QED) is 0.801. The van der Waals surface area contributed by atoms with E-state index in [2.05, 4.69) is 0 Å². The fraction of sp³-hybridized carbons (Fsp3) is 0.0769. The van der Waals surface area contributed by atoms with Crippen LogP contribution in [0.5, 0.6) is 5.75 Å². The Kier molecular flexibility index (Phi) is 3.34. The zero-order chi connectivity index (χ0) is 13.2. The van der Waals surface area contributed by atoms with Crippen LogP contribution in [0.4, 0.5) is 4.39 Å². The zero-order valence-electron chi connectivity index (χ0n) is 9.63. The highest BCUT2D eigenvalue weighted by molar-refractivity contribution is 7.87. The average Bonchev–Trinajstić information content (AvgIpc) is 2.32. The van der Waals surface area contributed by atoms with Gasteiger partial charge in [-0.05, 0) is 31.2 Å². The molecule has 5 heteroatoms. The van der Waals surface area contributed by atoms with Gasteiger partial charge in [-0.15, -0.1) is 0 Å². The number of hydrogen-bond donors (Lipinski definition) is 0. The van der Waals surface area contributed by atoms with E-state index < -0.39 is 15.9 Å². The topological polar surface area (TPSA) is 43.4 Å². The van der Waals surface area contributed by atoms with Crippen molar-refractivity contribution in [2.45, 2.75) is 11.8 Å². The van der Waals surface area contributed by atoms with Gasteiger partial charge in [0.15, 0.2) is 11.6 Å². The lowest BCUT2D eigenvalue weighted by Gasteiger charge is -2.07. The van der Waals surface area contributed by atoms with Crippen molar-refractivity contribution in [2.75, 3.05) is 0 Å². The van der Waals surface area contributed by atoms with Crippen LogP contribution in [-0.2, 0) is 10.1 Å². The van der Waals surface area contributed by atoms with Crippen LogP contribution in [0, 0.1) is 12.7 Å². The molecule has 2 aromatic carbocycles. The van der Waals surface area contributed by atoms with Crippen molar-refractivity contribution in [3.63, 3.8) is 0 Å². The van der Waals surface area contributed by atoms with Crippen molar-refractivity contribution in [1.29, 1.82) is 0 Å². The van der Waals surface area contributed by atoms with Gasteiger partial charge in [0, 0.05) is 0 Å². The molecule has 0 spiro atoms. The Bertz CT molecular complexity index is 648. The van der Waals surface area contributed by atoms with E-state index in [1.807, 2.05) is 6.92 Å². The summed E-state index contributed by atoms with van der Waals surface area (Å²) < 4.78 is 41.8. The number of aryl methyl sites for hydroxylation is 1. The van der Waals surface area contributed by atoms with Crippen molar-refractivity contribution in [3.05, 3.63) is 59.9 Å². The lowest BCUT2D eigenvalue weighted by Crippen LogP contribution is -2.10. The first kappa shape index (κ1) is 12.6. The van der Waals surface area contributed by atoms with E-state index in [1.165, 1.54) is 30.3 Å². The summed E-state index contributed by atoms with van der Waals surface area (Å²) in [6.45, 7) is 1.84. The molecule has 0 radical (unpaired) electrons. The van der Waals surface area contributed by atoms with E-state index in [-0.39, 0.29) is 10.6 Å². The summed E-state index contributed by atoms with van der Waals surface area (Å²) in [5.74, 6) is -1.02. The second kappa shape index (κ2) is 4.78. The molecule has 2 rings (SSSR count). The first-order chi connectivity index (χ1) is 8.49. The maximum absolute atomic E-state index is 13.3. The lowest BCUT2D eigenvalue weighted by atomic mass is 10.2. The fourth-order valence-corrected chi connectivity index (χ4v) is 2.32. The van der Waals surface area contributed by atoms with Gasteiger partial charge in [0.05, 0.1) is 0 Å². The van der Waals surface area contributed by atoms with E-state index >= 15 is 0 Å². The van der Waals surface area contributed by atoms with E-state index in [4.69, 9.17) is 4.18 Å². The van der Waals surface area contributed by atoms with Crippen LogP contribution in [0.2, 0.25) is 0 Å². The third kappa shape index (κ3) is 2.68. The molecule has 0 heterocycles. The minimum atomic E-state index is -3.99. The molecule has 0 saturated carbocycles. The van der Waals surface area contributed by atoms with Gasteiger partial charge in [0.2, 0.25) is 0 Å². The van der Waals surface area contributed by atoms with E-state index in [9.17, 15) is 12.8 Å². The Morgan fingerprint density at radius 2 is 1.61 bits per heavy atom. The third-order valence-corrected chi connectivity index (χ3v) is 3.59. The lowest BCUT2D eigenvalue weighted by molar-refractivity contribution is 0.461. The summed E-state index contributed by atoms with van der Waals surface area (Å²) in [7, 11) is -3.99. The largest absolute Gasteiger partial charge is 0.376 e. The zero-order valence-corrected chi connectivity index (χ0v) is 10.4. The summed E-state index contributed by atoms with van der Waals surface area (Å²) in [5, 5.41) is 0. The first-order valence-corrected chi connectivity index (χ1v) is 6.65. The number of rotatable bonds is 3. The molecule has 0 unspecified atom stereocenters. The molecule has 0 aliphatic carbocycles. The first-order valence-electron chi connectivity index (χ1n) is 5.25. The number of halogens is 1. The SMILES string of the molecule is Cc1ccc(S(=O)(=O)Oc2ccccc2[18F])cc1. The predicted molar refractivity (Wildman–Crippen MR) is 65.4 cm³/mol. The molecule has 0 fully saturated rings. The van der Waals surface area contributed by atoms with Crippen LogP contribution in [0.1, 0.15) is 5.56 Å². The Labute approximate surface area is 105 Å². The van der Waals surface area contributed by atoms with Gasteiger partial charge in [0.25, 0.3) is 0 Å². The van der Waals surface area contributed by atoms with Gasteiger partial charge in [-0.3, -0.25) is 0 Å². The van der Waals surface area contributed by atoms with Gasteiger partial charge in [-0.1, -0.05) is 29.8 Å². The highest BCUT2D eigenvalue weighted by atomic mass is 32.2. The van der Waals surface area contributed by atoms with Crippen molar-refractivity contribution in [3.8, 4) is 5.75 Å². The number of hydrogen-bond acceptors (Lipinski definition) is 3. The van der Waals surface area contributed by atoms with Crippen molar-refractivity contribution in [2.24, 2.45) is 0 Å². The molecule has 3 nitrogen and oxygen atoms in total. The summed E-state index contributed by atoms with van der Waals surface area (Å²) in [5.41, 5.74) is 0.930. The van der Waals surface area contributed by atoms with E-state index in [0.29, 0.717) is 0 Å². The Hall–Kier alpha value is -1.88. The van der Waals surface area contributed by atoms with Crippen LogP contribution in [0.25, 0.3) is 0 Å². The normalized spacial score (nSPS) is 11.2. The monoisotopic (exact) mass is 265 g/mol. The molecule has 2 aromatic rings. The van der Waals surface area contributed by atoms with E-state index in [1.54, 1.807) is 12.1 Å². The maximum Gasteiger partial charge on any atom is 0.339 e. The molecule has 0 amide bonds. The van der Waals surface area contributed by atoms with Crippen molar-refractivity contribution < 1.29 is 17.0 Å². The summed E-state index contributed by atoms with van der Waals surface area (Å²) >= 11 is 0. The molecular formula is C13H11FO3S. The van der Waals surface area contributed by atoms with Crippen LogP contribution in [-0.4, -0.2) is 8.42 Å².